The highest BCUT2D eigenvalue weighted by molar-refractivity contribution is 5.68. The van der Waals surface area contributed by atoms with Crippen molar-refractivity contribution in [2.45, 2.75) is 13.2 Å². The van der Waals surface area contributed by atoms with Crippen LogP contribution in [0.2, 0.25) is 0 Å². The van der Waals surface area contributed by atoms with E-state index in [-0.39, 0.29) is 18.4 Å². The first-order valence-corrected chi connectivity index (χ1v) is 10.8. The molecule has 1 aliphatic heterocycles. The molecule has 4 rings (SSSR count). The van der Waals surface area contributed by atoms with Crippen molar-refractivity contribution in [1.82, 2.24) is 4.90 Å². The Morgan fingerprint density at radius 1 is 0.848 bits per heavy atom. The summed E-state index contributed by atoms with van der Waals surface area (Å²) in [6.07, 6.45) is -0.353. The number of nitro groups is 1. The van der Waals surface area contributed by atoms with Crippen LogP contribution in [0.15, 0.2) is 78.9 Å². The lowest BCUT2D eigenvalue weighted by molar-refractivity contribution is -0.384. The van der Waals surface area contributed by atoms with Gasteiger partial charge in [-0.1, -0.05) is 42.5 Å². The fraction of sp³-hybridized carbons (Fsp3) is 0.240. The van der Waals surface area contributed by atoms with Crippen molar-refractivity contribution in [3.05, 3.63) is 100 Å². The van der Waals surface area contributed by atoms with Crippen molar-refractivity contribution < 1.29 is 19.2 Å². The van der Waals surface area contributed by atoms with Crippen molar-refractivity contribution in [3.63, 3.8) is 0 Å². The molecule has 8 nitrogen and oxygen atoms in total. The number of ether oxygens (including phenoxy) is 2. The van der Waals surface area contributed by atoms with Gasteiger partial charge in [-0.15, -0.1) is 0 Å². The molecule has 0 aromatic heterocycles. The van der Waals surface area contributed by atoms with E-state index < -0.39 is 4.92 Å². The summed E-state index contributed by atoms with van der Waals surface area (Å²) in [7, 11) is 0. The SMILES string of the molecule is O=C(OCc1cccc(OCc2ccccc2)c1)N1CCN(c2ccc([N+](=O)[O-])cc2)CC1. The first kappa shape index (κ1) is 22.1. The summed E-state index contributed by atoms with van der Waals surface area (Å²) in [4.78, 5) is 26.7. The van der Waals surface area contributed by atoms with Crippen LogP contribution in [0.5, 0.6) is 5.75 Å². The molecule has 3 aromatic rings. The lowest BCUT2D eigenvalue weighted by atomic mass is 10.2. The fourth-order valence-electron chi connectivity index (χ4n) is 3.63. The third-order valence-corrected chi connectivity index (χ3v) is 5.47. The molecule has 0 saturated carbocycles. The maximum atomic E-state index is 12.5. The molecule has 1 heterocycles. The van der Waals surface area contributed by atoms with Gasteiger partial charge in [-0.2, -0.15) is 0 Å². The average molecular weight is 447 g/mol. The standard InChI is InChI=1S/C25H25N3O5/c29-25(27-15-13-26(14-16-27)22-9-11-23(12-10-22)28(30)31)33-19-21-7-4-8-24(17-21)32-18-20-5-2-1-3-6-20/h1-12,17H,13-16,18-19H2. The van der Waals surface area contributed by atoms with Gasteiger partial charge in [0, 0.05) is 44.0 Å². The number of carbonyl (C=O) groups excluding carboxylic acids is 1. The molecule has 0 bridgehead atoms. The minimum Gasteiger partial charge on any atom is -0.489 e. The van der Waals surface area contributed by atoms with E-state index in [2.05, 4.69) is 4.90 Å². The van der Waals surface area contributed by atoms with Crippen LogP contribution < -0.4 is 9.64 Å². The van der Waals surface area contributed by atoms with Crippen LogP contribution in [0.25, 0.3) is 0 Å². The van der Waals surface area contributed by atoms with Crippen LogP contribution in [0, 0.1) is 10.1 Å². The molecule has 0 atom stereocenters. The maximum Gasteiger partial charge on any atom is 0.410 e. The number of nitrogens with zero attached hydrogens (tertiary/aromatic N) is 3. The highest BCUT2D eigenvalue weighted by Gasteiger charge is 2.22. The van der Waals surface area contributed by atoms with Crippen molar-refractivity contribution >= 4 is 17.5 Å². The summed E-state index contributed by atoms with van der Waals surface area (Å²) in [6.45, 7) is 2.96. The quantitative estimate of drug-likeness (QED) is 0.388. The number of hydrogen-bond acceptors (Lipinski definition) is 6. The number of rotatable bonds is 7. The fourth-order valence-corrected chi connectivity index (χ4v) is 3.63. The van der Waals surface area contributed by atoms with Gasteiger partial charge in [0.15, 0.2) is 0 Å². The molecule has 1 saturated heterocycles. The summed E-state index contributed by atoms with van der Waals surface area (Å²) in [5.74, 6) is 0.726. The van der Waals surface area contributed by atoms with Gasteiger partial charge in [-0.05, 0) is 35.4 Å². The van der Waals surface area contributed by atoms with E-state index >= 15 is 0 Å². The topological polar surface area (TPSA) is 85.2 Å². The smallest absolute Gasteiger partial charge is 0.410 e. The summed E-state index contributed by atoms with van der Waals surface area (Å²) >= 11 is 0. The Hall–Kier alpha value is -4.07. The molecule has 1 amide bonds. The Balaban J connectivity index is 1.24. The van der Waals surface area contributed by atoms with Gasteiger partial charge in [0.2, 0.25) is 0 Å². The molecule has 33 heavy (non-hydrogen) atoms. The van der Waals surface area contributed by atoms with Gasteiger partial charge < -0.3 is 19.3 Å². The summed E-state index contributed by atoms with van der Waals surface area (Å²) in [5, 5.41) is 10.8. The summed E-state index contributed by atoms with van der Waals surface area (Å²) in [6, 6.07) is 23.9. The van der Waals surface area contributed by atoms with Crippen molar-refractivity contribution in [2.75, 3.05) is 31.1 Å². The Bertz CT molecular complexity index is 1080. The first-order chi connectivity index (χ1) is 16.1. The van der Waals surface area contributed by atoms with E-state index in [4.69, 9.17) is 9.47 Å². The van der Waals surface area contributed by atoms with Gasteiger partial charge >= 0.3 is 6.09 Å². The van der Waals surface area contributed by atoms with Crippen LogP contribution in [-0.2, 0) is 18.0 Å². The van der Waals surface area contributed by atoms with E-state index in [0.717, 1.165) is 22.6 Å². The van der Waals surface area contributed by atoms with Crippen molar-refractivity contribution in [1.29, 1.82) is 0 Å². The number of non-ortho nitro benzene ring substituents is 1. The zero-order valence-electron chi connectivity index (χ0n) is 18.1. The number of nitro benzene ring substituents is 1. The maximum absolute atomic E-state index is 12.5. The van der Waals surface area contributed by atoms with E-state index in [1.54, 1.807) is 17.0 Å². The van der Waals surface area contributed by atoms with E-state index in [1.165, 1.54) is 12.1 Å². The third kappa shape index (κ3) is 6.00. The lowest BCUT2D eigenvalue weighted by Crippen LogP contribution is -2.48. The van der Waals surface area contributed by atoms with Gasteiger partial charge in [0.05, 0.1) is 4.92 Å². The van der Waals surface area contributed by atoms with E-state index in [0.29, 0.717) is 32.8 Å². The summed E-state index contributed by atoms with van der Waals surface area (Å²) < 4.78 is 11.3. The molecular formula is C25H25N3O5. The van der Waals surface area contributed by atoms with Crippen LogP contribution >= 0.6 is 0 Å². The number of carbonyl (C=O) groups is 1. The third-order valence-electron chi connectivity index (χ3n) is 5.47. The molecule has 8 heteroatoms. The summed E-state index contributed by atoms with van der Waals surface area (Å²) in [5.41, 5.74) is 2.91. The Kier molecular flexibility index (Phi) is 7.04. The average Bonchev–Trinajstić information content (AvgIpc) is 2.87. The molecule has 0 unspecified atom stereocenters. The van der Waals surface area contributed by atoms with Crippen LogP contribution in [0.4, 0.5) is 16.2 Å². The Labute approximate surface area is 192 Å². The molecular weight excluding hydrogens is 422 g/mol. The molecule has 1 fully saturated rings. The molecule has 0 aliphatic carbocycles. The second kappa shape index (κ2) is 10.5. The number of amides is 1. The van der Waals surface area contributed by atoms with Crippen LogP contribution in [0.3, 0.4) is 0 Å². The Morgan fingerprint density at radius 2 is 1.55 bits per heavy atom. The van der Waals surface area contributed by atoms with E-state index in [9.17, 15) is 14.9 Å². The van der Waals surface area contributed by atoms with Gasteiger partial charge in [-0.25, -0.2) is 4.79 Å². The molecule has 0 radical (unpaired) electrons. The van der Waals surface area contributed by atoms with E-state index in [1.807, 2.05) is 54.6 Å². The molecule has 1 aliphatic rings. The van der Waals surface area contributed by atoms with Gasteiger partial charge in [0.1, 0.15) is 19.0 Å². The zero-order chi connectivity index (χ0) is 23.0. The Morgan fingerprint density at radius 3 is 2.24 bits per heavy atom. The van der Waals surface area contributed by atoms with Gasteiger partial charge in [-0.3, -0.25) is 10.1 Å². The monoisotopic (exact) mass is 447 g/mol. The first-order valence-electron chi connectivity index (χ1n) is 10.8. The number of hydrogen-bond donors (Lipinski definition) is 0. The minimum absolute atomic E-state index is 0.0653. The van der Waals surface area contributed by atoms with Gasteiger partial charge in [0.25, 0.3) is 5.69 Å². The lowest BCUT2D eigenvalue weighted by Gasteiger charge is -2.35. The predicted molar refractivity (Wildman–Crippen MR) is 124 cm³/mol. The minimum atomic E-state index is -0.414. The normalized spacial score (nSPS) is 13.5. The largest absolute Gasteiger partial charge is 0.489 e. The van der Waals surface area contributed by atoms with Crippen LogP contribution in [-0.4, -0.2) is 42.1 Å². The molecule has 3 aromatic carbocycles. The number of piperazine rings is 1. The molecule has 170 valence electrons. The number of benzene rings is 3. The highest BCUT2D eigenvalue weighted by atomic mass is 16.6. The second-order valence-electron chi connectivity index (χ2n) is 7.72. The zero-order valence-corrected chi connectivity index (χ0v) is 18.1. The number of anilines is 1. The predicted octanol–water partition coefficient (Wildman–Crippen LogP) is 4.63. The molecule has 0 spiro atoms. The van der Waals surface area contributed by atoms with Crippen molar-refractivity contribution in [3.8, 4) is 5.75 Å². The van der Waals surface area contributed by atoms with Crippen LogP contribution in [0.1, 0.15) is 11.1 Å². The highest BCUT2D eigenvalue weighted by Crippen LogP contribution is 2.21. The van der Waals surface area contributed by atoms with Crippen molar-refractivity contribution in [2.24, 2.45) is 0 Å². The molecule has 0 N–H and O–H groups in total. The second-order valence-corrected chi connectivity index (χ2v) is 7.72.